The highest BCUT2D eigenvalue weighted by atomic mass is 16.5. The molecule has 0 radical (unpaired) electrons. The zero-order valence-corrected chi connectivity index (χ0v) is 14.9. The molecule has 26 heavy (non-hydrogen) atoms. The Kier molecular flexibility index (Phi) is 4.88. The smallest absolute Gasteiger partial charge is 0.178 e. The quantitative estimate of drug-likeness (QED) is 0.657. The van der Waals surface area contributed by atoms with E-state index in [9.17, 15) is 5.11 Å². The summed E-state index contributed by atoms with van der Waals surface area (Å²) in [5.74, 6) is 1.56. The van der Waals surface area contributed by atoms with Gasteiger partial charge in [-0.25, -0.2) is 4.98 Å². The van der Waals surface area contributed by atoms with Crippen LogP contribution in [0.25, 0.3) is 22.4 Å². The van der Waals surface area contributed by atoms with E-state index in [-0.39, 0.29) is 6.23 Å². The summed E-state index contributed by atoms with van der Waals surface area (Å²) < 4.78 is 6.13. The average molecular weight is 352 g/mol. The fourth-order valence-electron chi connectivity index (χ4n) is 3.35. The van der Waals surface area contributed by atoms with E-state index in [1.54, 1.807) is 6.92 Å². The predicted molar refractivity (Wildman–Crippen MR) is 102 cm³/mol. The second-order valence-corrected chi connectivity index (χ2v) is 6.67. The summed E-state index contributed by atoms with van der Waals surface area (Å²) in [7, 11) is 0. The van der Waals surface area contributed by atoms with Gasteiger partial charge in [0, 0.05) is 37.8 Å². The third kappa shape index (κ3) is 3.58. The molecule has 3 N–H and O–H groups in total. The van der Waals surface area contributed by atoms with E-state index in [4.69, 9.17) is 4.74 Å². The van der Waals surface area contributed by atoms with Gasteiger partial charge >= 0.3 is 0 Å². The van der Waals surface area contributed by atoms with Crippen molar-refractivity contribution < 1.29 is 9.84 Å². The SMILES string of the molecule is CC(O)C(Oc1ccc2[nH]c(-c3ccccc3)nc2c1)N1CCNCC1. The monoisotopic (exact) mass is 352 g/mol. The van der Waals surface area contributed by atoms with Crippen LogP contribution in [0.5, 0.6) is 5.75 Å². The number of imidazole rings is 1. The Balaban J connectivity index is 1.58. The third-order valence-electron chi connectivity index (χ3n) is 4.68. The highest BCUT2D eigenvalue weighted by Gasteiger charge is 2.26. The molecule has 2 unspecified atom stereocenters. The van der Waals surface area contributed by atoms with Crippen LogP contribution >= 0.6 is 0 Å². The van der Waals surface area contributed by atoms with Gasteiger partial charge in [0.15, 0.2) is 6.23 Å². The van der Waals surface area contributed by atoms with Gasteiger partial charge in [-0.1, -0.05) is 30.3 Å². The highest BCUT2D eigenvalue weighted by molar-refractivity contribution is 5.80. The number of aromatic amines is 1. The molecule has 3 aromatic rings. The van der Waals surface area contributed by atoms with Crippen LogP contribution in [0.15, 0.2) is 48.5 Å². The minimum atomic E-state index is -0.581. The summed E-state index contributed by atoms with van der Waals surface area (Å²) in [5, 5.41) is 13.5. The lowest BCUT2D eigenvalue weighted by molar-refractivity contribution is -0.0623. The largest absolute Gasteiger partial charge is 0.472 e. The molecular formula is C20H24N4O2. The van der Waals surface area contributed by atoms with Crippen molar-refractivity contribution in [2.24, 2.45) is 0 Å². The molecule has 0 bridgehead atoms. The van der Waals surface area contributed by atoms with E-state index in [0.29, 0.717) is 5.75 Å². The number of hydrogen-bond donors (Lipinski definition) is 3. The first kappa shape index (κ1) is 17.0. The molecule has 1 aliphatic heterocycles. The van der Waals surface area contributed by atoms with Crippen molar-refractivity contribution in [3.8, 4) is 17.1 Å². The number of rotatable bonds is 5. The molecule has 136 valence electrons. The van der Waals surface area contributed by atoms with Gasteiger partial charge in [-0.3, -0.25) is 4.90 Å². The Morgan fingerprint density at radius 1 is 1.12 bits per heavy atom. The van der Waals surface area contributed by atoms with Crippen LogP contribution in [0.2, 0.25) is 0 Å². The van der Waals surface area contributed by atoms with Crippen LogP contribution in [-0.4, -0.2) is 58.5 Å². The number of nitrogens with one attached hydrogen (secondary N) is 2. The summed E-state index contributed by atoms with van der Waals surface area (Å²) in [6, 6.07) is 15.9. The van der Waals surface area contributed by atoms with Gasteiger partial charge in [0.2, 0.25) is 0 Å². The van der Waals surface area contributed by atoms with E-state index >= 15 is 0 Å². The number of nitrogens with zero attached hydrogens (tertiary/aromatic N) is 2. The number of H-pyrrole nitrogens is 1. The summed E-state index contributed by atoms with van der Waals surface area (Å²) >= 11 is 0. The van der Waals surface area contributed by atoms with Crippen LogP contribution in [0.1, 0.15) is 6.92 Å². The minimum Gasteiger partial charge on any atom is -0.472 e. The molecule has 6 heteroatoms. The Labute approximate surface area is 152 Å². The van der Waals surface area contributed by atoms with Gasteiger partial charge in [0.05, 0.1) is 11.0 Å². The number of benzene rings is 2. The van der Waals surface area contributed by atoms with E-state index in [0.717, 1.165) is 48.6 Å². The van der Waals surface area contributed by atoms with Crippen molar-refractivity contribution in [3.05, 3.63) is 48.5 Å². The normalized spacial score (nSPS) is 17.9. The van der Waals surface area contributed by atoms with Gasteiger partial charge in [-0.2, -0.15) is 0 Å². The van der Waals surface area contributed by atoms with E-state index < -0.39 is 6.10 Å². The van der Waals surface area contributed by atoms with Crippen molar-refractivity contribution in [3.63, 3.8) is 0 Å². The van der Waals surface area contributed by atoms with Gasteiger partial charge in [0.1, 0.15) is 17.7 Å². The third-order valence-corrected chi connectivity index (χ3v) is 4.68. The summed E-state index contributed by atoms with van der Waals surface area (Å²) in [6.07, 6.45) is -0.940. The maximum Gasteiger partial charge on any atom is 0.178 e. The summed E-state index contributed by atoms with van der Waals surface area (Å²) in [5.41, 5.74) is 2.87. The number of aromatic nitrogens is 2. The Morgan fingerprint density at radius 2 is 1.88 bits per heavy atom. The van der Waals surface area contributed by atoms with Crippen LogP contribution < -0.4 is 10.1 Å². The van der Waals surface area contributed by atoms with Crippen molar-refractivity contribution in [2.45, 2.75) is 19.3 Å². The van der Waals surface area contributed by atoms with Gasteiger partial charge in [0.25, 0.3) is 0 Å². The molecule has 2 heterocycles. The maximum absolute atomic E-state index is 10.2. The minimum absolute atomic E-state index is 0.359. The molecule has 1 aliphatic rings. The molecule has 0 spiro atoms. The number of aliphatic hydroxyl groups excluding tert-OH is 1. The van der Waals surface area contributed by atoms with Gasteiger partial charge in [-0.05, 0) is 19.1 Å². The first-order valence-corrected chi connectivity index (χ1v) is 9.05. The lowest BCUT2D eigenvalue weighted by Gasteiger charge is -2.36. The average Bonchev–Trinajstić information content (AvgIpc) is 3.10. The number of ether oxygens (including phenoxy) is 1. The van der Waals surface area contributed by atoms with Crippen molar-refractivity contribution >= 4 is 11.0 Å². The van der Waals surface area contributed by atoms with E-state index in [2.05, 4.69) is 20.2 Å². The van der Waals surface area contributed by atoms with Gasteiger partial charge in [-0.15, -0.1) is 0 Å². The zero-order chi connectivity index (χ0) is 17.9. The van der Waals surface area contributed by atoms with Crippen molar-refractivity contribution in [1.82, 2.24) is 20.2 Å². The fraction of sp³-hybridized carbons (Fsp3) is 0.350. The predicted octanol–water partition coefficient (Wildman–Crippen LogP) is 2.22. The fourth-order valence-corrected chi connectivity index (χ4v) is 3.35. The molecule has 1 aromatic heterocycles. The summed E-state index contributed by atoms with van der Waals surface area (Å²) in [4.78, 5) is 10.2. The molecule has 4 rings (SSSR count). The Morgan fingerprint density at radius 3 is 2.62 bits per heavy atom. The molecule has 1 fully saturated rings. The Hall–Kier alpha value is -2.41. The first-order chi connectivity index (χ1) is 12.7. The molecular weight excluding hydrogens is 328 g/mol. The second-order valence-electron chi connectivity index (χ2n) is 6.67. The maximum atomic E-state index is 10.2. The van der Waals surface area contributed by atoms with E-state index in [1.165, 1.54) is 0 Å². The second kappa shape index (κ2) is 7.45. The standard InChI is InChI=1S/C20H24N4O2/c1-14(25)20(24-11-9-21-10-12-24)26-16-7-8-17-18(13-16)23-19(22-17)15-5-3-2-4-6-15/h2-8,13-14,20-21,25H,9-12H2,1H3,(H,22,23). The van der Waals surface area contributed by atoms with Crippen LogP contribution in [0.3, 0.4) is 0 Å². The number of fused-ring (bicyclic) bond motifs is 1. The van der Waals surface area contributed by atoms with Crippen molar-refractivity contribution in [2.75, 3.05) is 26.2 Å². The molecule has 0 amide bonds. The van der Waals surface area contributed by atoms with E-state index in [1.807, 2.05) is 48.5 Å². The lowest BCUT2D eigenvalue weighted by atomic mass is 10.2. The molecule has 0 aliphatic carbocycles. The summed E-state index contributed by atoms with van der Waals surface area (Å²) in [6.45, 7) is 5.31. The number of aliphatic hydroxyl groups is 1. The topological polar surface area (TPSA) is 73.4 Å². The Bertz CT molecular complexity index is 857. The van der Waals surface area contributed by atoms with Crippen LogP contribution in [0, 0.1) is 0 Å². The first-order valence-electron chi connectivity index (χ1n) is 9.05. The van der Waals surface area contributed by atoms with Gasteiger partial charge < -0.3 is 20.1 Å². The zero-order valence-electron chi connectivity index (χ0n) is 14.9. The molecule has 0 saturated carbocycles. The van der Waals surface area contributed by atoms with Crippen LogP contribution in [-0.2, 0) is 0 Å². The van der Waals surface area contributed by atoms with Crippen LogP contribution in [0.4, 0.5) is 0 Å². The lowest BCUT2D eigenvalue weighted by Crippen LogP contribution is -2.54. The molecule has 2 atom stereocenters. The molecule has 2 aromatic carbocycles. The molecule has 1 saturated heterocycles. The number of hydrogen-bond acceptors (Lipinski definition) is 5. The number of piperazine rings is 1. The van der Waals surface area contributed by atoms with Crippen molar-refractivity contribution in [1.29, 1.82) is 0 Å². The highest BCUT2D eigenvalue weighted by Crippen LogP contribution is 2.25. The molecule has 6 nitrogen and oxygen atoms in total.